The van der Waals surface area contributed by atoms with Crippen LogP contribution in [0.25, 0.3) is 0 Å². The summed E-state index contributed by atoms with van der Waals surface area (Å²) in [6.07, 6.45) is 1.05. The van der Waals surface area contributed by atoms with E-state index in [-0.39, 0.29) is 6.04 Å². The van der Waals surface area contributed by atoms with Gasteiger partial charge >= 0.3 is 0 Å². The van der Waals surface area contributed by atoms with E-state index in [1.54, 1.807) is 25.6 Å². The Balaban J connectivity index is 2.49. The predicted octanol–water partition coefficient (Wildman–Crippen LogP) is 4.51. The minimum absolute atomic E-state index is 0.00231. The maximum Gasteiger partial charge on any atom is 0.165 e. The molecule has 0 amide bonds. The summed E-state index contributed by atoms with van der Waals surface area (Å²) in [6, 6.07) is 7.84. The highest BCUT2D eigenvalue weighted by Crippen LogP contribution is 2.40. The number of ether oxygens (including phenoxy) is 2. The fraction of sp³-hybridized carbons (Fsp3) is 0.375. The molecule has 1 atom stereocenters. The van der Waals surface area contributed by atoms with Crippen LogP contribution in [0, 0.1) is 0 Å². The van der Waals surface area contributed by atoms with E-state index in [1.807, 2.05) is 29.6 Å². The van der Waals surface area contributed by atoms with Gasteiger partial charge in [0.05, 0.1) is 25.3 Å². The molecular weight excluding hydrogens is 306 g/mol. The number of hydrogen-bond donors (Lipinski definition) is 1. The molecule has 3 nitrogen and oxygen atoms in total. The zero-order valence-corrected chi connectivity index (χ0v) is 14.1. The van der Waals surface area contributed by atoms with Crippen LogP contribution in [-0.4, -0.2) is 20.8 Å². The molecule has 2 aromatic rings. The summed E-state index contributed by atoms with van der Waals surface area (Å²) < 4.78 is 11.0. The molecule has 1 unspecified atom stereocenters. The number of hydrogen-bond acceptors (Lipinski definition) is 4. The molecule has 1 heterocycles. The average Bonchev–Trinajstić information content (AvgIpc) is 2.93. The number of nitrogens with one attached hydrogen (secondary N) is 1. The number of benzene rings is 1. The average molecular weight is 326 g/mol. The Kier molecular flexibility index (Phi) is 5.91. The summed E-state index contributed by atoms with van der Waals surface area (Å²) in [7, 11) is 3.31. The van der Waals surface area contributed by atoms with E-state index in [0.29, 0.717) is 0 Å². The van der Waals surface area contributed by atoms with E-state index >= 15 is 0 Å². The van der Waals surface area contributed by atoms with E-state index < -0.39 is 0 Å². The molecule has 1 N–H and O–H groups in total. The van der Waals surface area contributed by atoms with Gasteiger partial charge in [0.15, 0.2) is 11.5 Å². The monoisotopic (exact) mass is 325 g/mol. The summed E-state index contributed by atoms with van der Waals surface area (Å²) in [4.78, 5) is 1.09. The second-order valence-electron chi connectivity index (χ2n) is 4.60. The lowest BCUT2D eigenvalue weighted by Crippen LogP contribution is -2.23. The van der Waals surface area contributed by atoms with E-state index in [0.717, 1.165) is 39.9 Å². The van der Waals surface area contributed by atoms with Crippen molar-refractivity contribution in [3.8, 4) is 11.5 Å². The summed E-state index contributed by atoms with van der Waals surface area (Å²) in [5, 5.41) is 6.33. The maximum atomic E-state index is 6.33. The molecule has 0 aliphatic rings. The van der Waals surface area contributed by atoms with Crippen LogP contribution in [0.3, 0.4) is 0 Å². The van der Waals surface area contributed by atoms with E-state index in [9.17, 15) is 0 Å². The Morgan fingerprint density at radius 1 is 1.24 bits per heavy atom. The zero-order valence-electron chi connectivity index (χ0n) is 12.5. The number of halogens is 1. The van der Waals surface area contributed by atoms with E-state index in [1.165, 1.54) is 0 Å². The largest absolute Gasteiger partial charge is 0.493 e. The molecule has 0 bridgehead atoms. The van der Waals surface area contributed by atoms with Gasteiger partial charge in [0.2, 0.25) is 0 Å². The molecule has 0 radical (unpaired) electrons. The molecule has 114 valence electrons. The van der Waals surface area contributed by atoms with E-state index in [4.69, 9.17) is 21.1 Å². The zero-order chi connectivity index (χ0) is 15.2. The van der Waals surface area contributed by atoms with Crippen LogP contribution in [0.2, 0.25) is 5.02 Å². The second-order valence-corrected chi connectivity index (χ2v) is 5.96. The SMILES string of the molecule is CCCNC(c1cccc(OC)c1OC)c1sccc1Cl. The van der Waals surface area contributed by atoms with E-state index in [2.05, 4.69) is 12.2 Å². The normalized spacial score (nSPS) is 12.2. The van der Waals surface area contributed by atoms with Gasteiger partial charge in [0.1, 0.15) is 0 Å². The molecular formula is C16H20ClNO2S. The minimum Gasteiger partial charge on any atom is -0.493 e. The molecule has 0 saturated carbocycles. The molecule has 0 spiro atoms. The summed E-state index contributed by atoms with van der Waals surface area (Å²) in [6.45, 7) is 3.04. The van der Waals surface area contributed by atoms with Crippen LogP contribution < -0.4 is 14.8 Å². The van der Waals surface area contributed by atoms with Gasteiger partial charge in [-0.2, -0.15) is 0 Å². The van der Waals surface area contributed by atoms with Crippen LogP contribution in [0.15, 0.2) is 29.6 Å². The minimum atomic E-state index is 0.00231. The first-order chi connectivity index (χ1) is 10.2. The van der Waals surface area contributed by atoms with Crippen molar-refractivity contribution in [2.24, 2.45) is 0 Å². The highest BCUT2D eigenvalue weighted by molar-refractivity contribution is 7.10. The fourth-order valence-corrected chi connectivity index (χ4v) is 3.54. The van der Waals surface area contributed by atoms with Crippen LogP contribution in [0.1, 0.15) is 29.8 Å². The third-order valence-corrected chi connectivity index (χ3v) is 4.67. The van der Waals surface area contributed by atoms with Gasteiger partial charge in [-0.15, -0.1) is 11.3 Å². The molecule has 1 aromatic heterocycles. The van der Waals surface area contributed by atoms with Crippen LogP contribution in [0.5, 0.6) is 11.5 Å². The number of methoxy groups -OCH3 is 2. The number of para-hydroxylation sites is 1. The third-order valence-electron chi connectivity index (χ3n) is 3.25. The van der Waals surface area contributed by atoms with Crippen molar-refractivity contribution in [2.75, 3.05) is 20.8 Å². The Morgan fingerprint density at radius 3 is 2.62 bits per heavy atom. The Morgan fingerprint density at radius 2 is 2.05 bits per heavy atom. The van der Waals surface area contributed by atoms with Gasteiger partial charge in [0.25, 0.3) is 0 Å². The van der Waals surface area contributed by atoms with Crippen LogP contribution in [-0.2, 0) is 0 Å². The van der Waals surface area contributed by atoms with Gasteiger partial charge < -0.3 is 14.8 Å². The van der Waals surface area contributed by atoms with Crippen molar-refractivity contribution in [1.82, 2.24) is 5.32 Å². The fourth-order valence-electron chi connectivity index (χ4n) is 2.28. The number of rotatable bonds is 7. The molecule has 1 aromatic carbocycles. The summed E-state index contributed by atoms with van der Waals surface area (Å²) in [5.74, 6) is 1.48. The smallest absolute Gasteiger partial charge is 0.165 e. The standard InChI is InChI=1S/C16H20ClNO2S/c1-4-9-18-14(16-12(17)8-10-21-16)11-6-5-7-13(19-2)15(11)20-3/h5-8,10,14,18H,4,9H2,1-3H3. The van der Waals surface area contributed by atoms with Gasteiger partial charge in [-0.3, -0.25) is 0 Å². The lowest BCUT2D eigenvalue weighted by atomic mass is 10.0. The van der Waals surface area contributed by atoms with Crippen LogP contribution >= 0.6 is 22.9 Å². The van der Waals surface area contributed by atoms with Crippen molar-refractivity contribution in [3.05, 3.63) is 45.1 Å². The lowest BCUT2D eigenvalue weighted by molar-refractivity contribution is 0.349. The van der Waals surface area contributed by atoms with Crippen molar-refractivity contribution < 1.29 is 9.47 Å². The van der Waals surface area contributed by atoms with Crippen LogP contribution in [0.4, 0.5) is 0 Å². The summed E-state index contributed by atoms with van der Waals surface area (Å²) >= 11 is 7.98. The molecule has 0 fully saturated rings. The van der Waals surface area contributed by atoms with Gasteiger partial charge in [-0.05, 0) is 30.5 Å². The molecule has 0 saturated heterocycles. The Hall–Kier alpha value is -1.23. The van der Waals surface area contributed by atoms with Crippen molar-refractivity contribution >= 4 is 22.9 Å². The Bertz CT molecular complexity index is 585. The first-order valence-corrected chi connectivity index (χ1v) is 8.15. The van der Waals surface area contributed by atoms with Gasteiger partial charge in [-0.1, -0.05) is 30.7 Å². The molecule has 5 heteroatoms. The van der Waals surface area contributed by atoms with Crippen molar-refractivity contribution in [3.63, 3.8) is 0 Å². The van der Waals surface area contributed by atoms with Gasteiger partial charge in [0, 0.05) is 10.4 Å². The number of thiophene rings is 1. The topological polar surface area (TPSA) is 30.5 Å². The van der Waals surface area contributed by atoms with Crippen molar-refractivity contribution in [1.29, 1.82) is 0 Å². The quantitative estimate of drug-likeness (QED) is 0.812. The molecule has 0 aliphatic carbocycles. The predicted molar refractivity (Wildman–Crippen MR) is 89.0 cm³/mol. The Labute approximate surface area is 134 Å². The lowest BCUT2D eigenvalue weighted by Gasteiger charge is -2.22. The highest BCUT2D eigenvalue weighted by atomic mass is 35.5. The molecule has 21 heavy (non-hydrogen) atoms. The highest BCUT2D eigenvalue weighted by Gasteiger charge is 2.23. The maximum absolute atomic E-state index is 6.33. The summed E-state index contributed by atoms with van der Waals surface area (Å²) in [5.41, 5.74) is 1.04. The van der Waals surface area contributed by atoms with Gasteiger partial charge in [-0.25, -0.2) is 0 Å². The third kappa shape index (κ3) is 3.51. The van der Waals surface area contributed by atoms with Crippen molar-refractivity contribution in [2.45, 2.75) is 19.4 Å². The molecule has 0 aliphatic heterocycles. The first-order valence-electron chi connectivity index (χ1n) is 6.90. The second kappa shape index (κ2) is 7.69. The molecule has 2 rings (SSSR count). The first kappa shape index (κ1) is 16.1.